The van der Waals surface area contributed by atoms with Crippen LogP contribution in [0.2, 0.25) is 0 Å². The molecule has 0 atom stereocenters. The van der Waals surface area contributed by atoms with Crippen LogP contribution in [0.15, 0.2) is 54.8 Å². The smallest absolute Gasteiger partial charge is 0.317 e. The molecule has 0 unspecified atom stereocenters. The minimum atomic E-state index is -0.563. The third-order valence-corrected chi connectivity index (χ3v) is 3.97. The SMILES string of the molecule is C=CCC(CC)(CC)C(=O)O/C(C)=C/C(=O)c1ccccc1. The second kappa shape index (κ2) is 8.32. The lowest BCUT2D eigenvalue weighted by Crippen LogP contribution is -2.31. The first-order chi connectivity index (χ1) is 10.5. The van der Waals surface area contributed by atoms with E-state index in [1.165, 1.54) is 6.08 Å². The largest absolute Gasteiger partial charge is 0.431 e. The van der Waals surface area contributed by atoms with Gasteiger partial charge in [0.05, 0.1) is 5.41 Å². The van der Waals surface area contributed by atoms with Crippen molar-refractivity contribution in [2.24, 2.45) is 5.41 Å². The number of ketones is 1. The Bertz CT molecular complexity index is 551. The molecule has 0 aromatic heterocycles. The lowest BCUT2D eigenvalue weighted by atomic mass is 9.79. The van der Waals surface area contributed by atoms with Crippen LogP contribution in [0.25, 0.3) is 0 Å². The van der Waals surface area contributed by atoms with Gasteiger partial charge in [-0.15, -0.1) is 6.58 Å². The van der Waals surface area contributed by atoms with Crippen LogP contribution in [0.3, 0.4) is 0 Å². The number of allylic oxidation sites excluding steroid dienone is 3. The van der Waals surface area contributed by atoms with Crippen LogP contribution in [0.4, 0.5) is 0 Å². The fourth-order valence-corrected chi connectivity index (χ4v) is 2.34. The van der Waals surface area contributed by atoms with Gasteiger partial charge < -0.3 is 4.74 Å². The Kier molecular flexibility index (Phi) is 6.77. The van der Waals surface area contributed by atoms with E-state index in [9.17, 15) is 9.59 Å². The van der Waals surface area contributed by atoms with Gasteiger partial charge in [-0.25, -0.2) is 0 Å². The summed E-state index contributed by atoms with van der Waals surface area (Å²) in [5.41, 5.74) is 0.00774. The summed E-state index contributed by atoms with van der Waals surface area (Å²) in [5.74, 6) is -0.158. The van der Waals surface area contributed by atoms with Crippen LogP contribution in [-0.2, 0) is 9.53 Å². The molecule has 0 amide bonds. The molecule has 1 aromatic rings. The second-order valence-corrected chi connectivity index (χ2v) is 5.36. The third-order valence-electron chi connectivity index (χ3n) is 3.97. The molecule has 0 saturated heterocycles. The average molecular weight is 300 g/mol. The number of hydrogen-bond donors (Lipinski definition) is 0. The fourth-order valence-electron chi connectivity index (χ4n) is 2.34. The van der Waals surface area contributed by atoms with Gasteiger partial charge in [-0.3, -0.25) is 9.59 Å². The van der Waals surface area contributed by atoms with Crippen molar-refractivity contribution < 1.29 is 14.3 Å². The normalized spacial score (nSPS) is 11.9. The summed E-state index contributed by atoms with van der Waals surface area (Å²) in [7, 11) is 0. The predicted octanol–water partition coefficient (Wildman–Crippen LogP) is 4.70. The van der Waals surface area contributed by atoms with Gasteiger partial charge in [0.2, 0.25) is 0 Å². The minimum absolute atomic E-state index is 0.173. The second-order valence-electron chi connectivity index (χ2n) is 5.36. The van der Waals surface area contributed by atoms with E-state index in [1.54, 1.807) is 37.3 Å². The molecule has 0 saturated carbocycles. The van der Waals surface area contributed by atoms with Crippen molar-refractivity contribution in [1.82, 2.24) is 0 Å². The molecule has 1 aromatic carbocycles. The van der Waals surface area contributed by atoms with Gasteiger partial charge in [0.1, 0.15) is 5.76 Å². The molecular formula is C19H24O3. The van der Waals surface area contributed by atoms with Crippen LogP contribution in [0, 0.1) is 5.41 Å². The number of ether oxygens (including phenoxy) is 1. The van der Waals surface area contributed by atoms with E-state index in [2.05, 4.69) is 6.58 Å². The summed E-state index contributed by atoms with van der Waals surface area (Å²) >= 11 is 0. The van der Waals surface area contributed by atoms with Crippen LogP contribution < -0.4 is 0 Å². The number of benzene rings is 1. The fraction of sp³-hybridized carbons (Fsp3) is 0.368. The summed E-state index contributed by atoms with van der Waals surface area (Å²) in [6.45, 7) is 9.26. The number of carbonyl (C=O) groups is 2. The van der Waals surface area contributed by atoms with Gasteiger partial charge in [-0.1, -0.05) is 50.3 Å². The van der Waals surface area contributed by atoms with Gasteiger partial charge in [0.25, 0.3) is 0 Å². The number of carbonyl (C=O) groups excluding carboxylic acids is 2. The van der Waals surface area contributed by atoms with Crippen molar-refractivity contribution in [3.8, 4) is 0 Å². The summed E-state index contributed by atoms with van der Waals surface area (Å²) in [5, 5.41) is 0. The van der Waals surface area contributed by atoms with Gasteiger partial charge in [0.15, 0.2) is 5.78 Å². The summed E-state index contributed by atoms with van der Waals surface area (Å²) < 4.78 is 5.40. The van der Waals surface area contributed by atoms with E-state index >= 15 is 0 Å². The first-order valence-electron chi connectivity index (χ1n) is 7.60. The Labute approximate surface area is 132 Å². The Morgan fingerprint density at radius 3 is 2.27 bits per heavy atom. The molecule has 0 heterocycles. The molecule has 22 heavy (non-hydrogen) atoms. The third kappa shape index (κ3) is 4.42. The number of esters is 1. The van der Waals surface area contributed by atoms with Crippen LogP contribution in [0.5, 0.6) is 0 Å². The molecule has 3 heteroatoms. The van der Waals surface area contributed by atoms with Gasteiger partial charge >= 0.3 is 5.97 Å². The maximum atomic E-state index is 12.4. The molecule has 1 rings (SSSR count). The minimum Gasteiger partial charge on any atom is -0.431 e. The molecule has 0 N–H and O–H groups in total. The highest BCUT2D eigenvalue weighted by Crippen LogP contribution is 2.33. The molecule has 0 bridgehead atoms. The molecule has 0 aliphatic heterocycles. The highest BCUT2D eigenvalue weighted by Gasteiger charge is 2.35. The maximum absolute atomic E-state index is 12.4. The summed E-state index contributed by atoms with van der Waals surface area (Å²) in [4.78, 5) is 24.5. The lowest BCUT2D eigenvalue weighted by Gasteiger charge is -2.27. The Hall–Kier alpha value is -2.16. The highest BCUT2D eigenvalue weighted by atomic mass is 16.5. The van der Waals surface area contributed by atoms with Crippen molar-refractivity contribution in [2.45, 2.75) is 40.0 Å². The molecule has 0 radical (unpaired) electrons. The Morgan fingerprint density at radius 2 is 1.77 bits per heavy atom. The van der Waals surface area contributed by atoms with Crippen molar-refractivity contribution in [2.75, 3.05) is 0 Å². The van der Waals surface area contributed by atoms with Gasteiger partial charge in [-0.05, 0) is 26.2 Å². The van der Waals surface area contributed by atoms with Crippen molar-refractivity contribution in [3.63, 3.8) is 0 Å². The molecule has 0 aliphatic carbocycles. The van der Waals surface area contributed by atoms with Crippen LogP contribution in [-0.4, -0.2) is 11.8 Å². The van der Waals surface area contributed by atoms with E-state index in [4.69, 9.17) is 4.74 Å². The van der Waals surface area contributed by atoms with E-state index in [1.807, 2.05) is 19.9 Å². The average Bonchev–Trinajstić information content (AvgIpc) is 2.53. The van der Waals surface area contributed by atoms with Crippen LogP contribution in [0.1, 0.15) is 50.4 Å². The quantitative estimate of drug-likeness (QED) is 0.230. The van der Waals surface area contributed by atoms with Gasteiger partial charge in [0, 0.05) is 11.6 Å². The van der Waals surface area contributed by atoms with E-state index in [-0.39, 0.29) is 11.8 Å². The zero-order valence-electron chi connectivity index (χ0n) is 13.6. The predicted molar refractivity (Wildman–Crippen MR) is 88.5 cm³/mol. The molecule has 0 aliphatic rings. The molecular weight excluding hydrogens is 276 g/mol. The summed E-state index contributed by atoms with van der Waals surface area (Å²) in [6.07, 6.45) is 5.01. The van der Waals surface area contributed by atoms with Crippen molar-refractivity contribution in [3.05, 3.63) is 60.4 Å². The maximum Gasteiger partial charge on any atom is 0.317 e. The zero-order chi connectivity index (χ0) is 16.6. The molecule has 118 valence electrons. The molecule has 3 nitrogen and oxygen atoms in total. The Balaban J connectivity index is 2.84. The van der Waals surface area contributed by atoms with Crippen molar-refractivity contribution >= 4 is 11.8 Å². The van der Waals surface area contributed by atoms with E-state index in [0.717, 1.165) is 0 Å². The molecule has 0 spiro atoms. The van der Waals surface area contributed by atoms with Crippen LogP contribution >= 0.6 is 0 Å². The first kappa shape index (κ1) is 17.9. The number of hydrogen-bond acceptors (Lipinski definition) is 3. The monoisotopic (exact) mass is 300 g/mol. The van der Waals surface area contributed by atoms with Crippen molar-refractivity contribution in [1.29, 1.82) is 0 Å². The van der Waals surface area contributed by atoms with E-state index < -0.39 is 5.41 Å². The molecule has 0 fully saturated rings. The topological polar surface area (TPSA) is 43.4 Å². The first-order valence-corrected chi connectivity index (χ1v) is 7.60. The standard InChI is InChI=1S/C19H24O3/c1-5-13-19(6-2,7-3)18(21)22-15(4)14-17(20)16-11-9-8-10-12-16/h5,8-12,14H,1,6-7,13H2,2-4H3/b15-14+. The zero-order valence-corrected chi connectivity index (χ0v) is 13.6. The lowest BCUT2D eigenvalue weighted by molar-refractivity contribution is -0.151. The highest BCUT2D eigenvalue weighted by molar-refractivity contribution is 6.04. The number of rotatable bonds is 8. The van der Waals surface area contributed by atoms with Gasteiger partial charge in [-0.2, -0.15) is 0 Å². The summed E-state index contributed by atoms with van der Waals surface area (Å²) in [6, 6.07) is 8.90. The Morgan fingerprint density at radius 1 is 1.18 bits per heavy atom. The van der Waals surface area contributed by atoms with E-state index in [0.29, 0.717) is 30.6 Å².